The van der Waals surface area contributed by atoms with Gasteiger partial charge in [0.25, 0.3) is 0 Å². The summed E-state index contributed by atoms with van der Waals surface area (Å²) in [6.07, 6.45) is 0. The lowest BCUT2D eigenvalue weighted by atomic mass is 10.4. The smallest absolute Gasteiger partial charge is 0.347 e. The molecule has 0 spiro atoms. The Morgan fingerprint density at radius 3 is 2.92 bits per heavy atom. The van der Waals surface area contributed by atoms with E-state index in [0.717, 1.165) is 5.69 Å². The number of nitrogens with one attached hydrogen (secondary N) is 3. The first-order valence-corrected chi connectivity index (χ1v) is 3.69. The van der Waals surface area contributed by atoms with Crippen LogP contribution in [0, 0.1) is 0 Å². The van der Waals surface area contributed by atoms with Crippen LogP contribution >= 0.6 is 0 Å². The third kappa shape index (κ3) is 2.06. The maximum absolute atomic E-state index is 10.9. The first kappa shape index (κ1) is 8.73. The Morgan fingerprint density at radius 2 is 2.33 bits per heavy atom. The van der Waals surface area contributed by atoms with E-state index in [0.29, 0.717) is 12.4 Å². The standard InChI is InChI=1S/C7H12N4O/c1-8-4-5-3-6(9-2)11-7(12)10-5/h3,8H,4H2,1-2H3,(H2,9,10,11,12). The van der Waals surface area contributed by atoms with Crippen molar-refractivity contribution in [1.82, 2.24) is 15.3 Å². The van der Waals surface area contributed by atoms with E-state index in [4.69, 9.17) is 0 Å². The minimum atomic E-state index is -0.327. The summed E-state index contributed by atoms with van der Waals surface area (Å²) in [6, 6.07) is 1.79. The first-order valence-electron chi connectivity index (χ1n) is 3.69. The van der Waals surface area contributed by atoms with Crippen molar-refractivity contribution in [3.8, 4) is 0 Å². The summed E-state index contributed by atoms with van der Waals surface area (Å²) in [5, 5.41) is 5.74. The predicted octanol–water partition coefficient (Wildman–Crippen LogP) is -0.469. The highest BCUT2D eigenvalue weighted by atomic mass is 16.1. The number of aromatic nitrogens is 2. The van der Waals surface area contributed by atoms with Gasteiger partial charge in [-0.3, -0.25) is 0 Å². The Bertz CT molecular complexity index is 307. The highest BCUT2D eigenvalue weighted by Gasteiger charge is 1.96. The number of anilines is 1. The normalized spacial score (nSPS) is 9.83. The predicted molar refractivity (Wildman–Crippen MR) is 47.2 cm³/mol. The maximum atomic E-state index is 10.9. The van der Waals surface area contributed by atoms with Crippen LogP contribution in [0.25, 0.3) is 0 Å². The fourth-order valence-electron chi connectivity index (χ4n) is 0.922. The van der Waals surface area contributed by atoms with Gasteiger partial charge in [-0.1, -0.05) is 0 Å². The van der Waals surface area contributed by atoms with Crippen LogP contribution in [-0.2, 0) is 6.54 Å². The SMILES string of the molecule is CNCc1cc(NC)nc(=O)[nH]1. The zero-order chi connectivity index (χ0) is 8.97. The van der Waals surface area contributed by atoms with Crippen LogP contribution < -0.4 is 16.3 Å². The molecule has 0 amide bonds. The van der Waals surface area contributed by atoms with E-state index in [1.165, 1.54) is 0 Å². The molecule has 0 aliphatic heterocycles. The summed E-state index contributed by atoms with van der Waals surface area (Å²) in [6.45, 7) is 0.631. The van der Waals surface area contributed by atoms with E-state index in [1.807, 2.05) is 7.05 Å². The van der Waals surface area contributed by atoms with Gasteiger partial charge in [0.15, 0.2) is 0 Å². The van der Waals surface area contributed by atoms with Crippen LogP contribution in [0.2, 0.25) is 0 Å². The van der Waals surface area contributed by atoms with Gasteiger partial charge < -0.3 is 15.6 Å². The summed E-state index contributed by atoms with van der Waals surface area (Å²) in [5.74, 6) is 0.587. The lowest BCUT2D eigenvalue weighted by Crippen LogP contribution is -2.17. The van der Waals surface area contributed by atoms with Crippen LogP contribution in [0.4, 0.5) is 5.82 Å². The Hall–Kier alpha value is -1.36. The van der Waals surface area contributed by atoms with Gasteiger partial charge in [-0.25, -0.2) is 4.79 Å². The van der Waals surface area contributed by atoms with Gasteiger partial charge in [0.05, 0.1) is 0 Å². The van der Waals surface area contributed by atoms with Crippen molar-refractivity contribution in [2.75, 3.05) is 19.4 Å². The molecule has 1 aromatic rings. The number of H-pyrrole nitrogens is 1. The average molecular weight is 168 g/mol. The molecule has 0 aromatic carbocycles. The van der Waals surface area contributed by atoms with Crippen molar-refractivity contribution in [2.24, 2.45) is 0 Å². The number of rotatable bonds is 3. The quantitative estimate of drug-likeness (QED) is 0.570. The largest absolute Gasteiger partial charge is 0.373 e. The Labute approximate surface area is 70.2 Å². The van der Waals surface area contributed by atoms with Crippen molar-refractivity contribution in [1.29, 1.82) is 0 Å². The molecule has 0 saturated heterocycles. The minimum Gasteiger partial charge on any atom is -0.373 e. The summed E-state index contributed by atoms with van der Waals surface area (Å²) in [5.41, 5.74) is 0.494. The highest BCUT2D eigenvalue weighted by molar-refractivity contribution is 5.33. The van der Waals surface area contributed by atoms with Crippen LogP contribution in [0.15, 0.2) is 10.9 Å². The fourth-order valence-corrected chi connectivity index (χ4v) is 0.922. The molecule has 66 valence electrons. The van der Waals surface area contributed by atoms with Gasteiger partial charge in [0, 0.05) is 25.4 Å². The van der Waals surface area contributed by atoms with Crippen molar-refractivity contribution in [3.63, 3.8) is 0 Å². The van der Waals surface area contributed by atoms with Gasteiger partial charge in [-0.2, -0.15) is 4.98 Å². The molecule has 0 saturated carbocycles. The van der Waals surface area contributed by atoms with E-state index >= 15 is 0 Å². The lowest BCUT2D eigenvalue weighted by molar-refractivity contribution is 0.779. The molecule has 0 aliphatic rings. The average Bonchev–Trinajstić information content (AvgIpc) is 2.04. The molecule has 1 aromatic heterocycles. The molecule has 3 N–H and O–H groups in total. The van der Waals surface area contributed by atoms with Crippen LogP contribution in [0.3, 0.4) is 0 Å². The molecule has 0 aliphatic carbocycles. The molecule has 1 rings (SSSR count). The number of nitrogens with zero attached hydrogens (tertiary/aromatic N) is 1. The molecule has 0 unspecified atom stereocenters. The Kier molecular flexibility index (Phi) is 2.82. The van der Waals surface area contributed by atoms with Crippen LogP contribution in [0.1, 0.15) is 5.69 Å². The molecule has 0 fully saturated rings. The van der Waals surface area contributed by atoms with Gasteiger partial charge in [-0.05, 0) is 7.05 Å². The molecule has 12 heavy (non-hydrogen) atoms. The number of hydrogen-bond acceptors (Lipinski definition) is 4. The molecule has 0 atom stereocenters. The minimum absolute atomic E-state index is 0.327. The zero-order valence-electron chi connectivity index (χ0n) is 7.14. The van der Waals surface area contributed by atoms with E-state index in [1.54, 1.807) is 13.1 Å². The van der Waals surface area contributed by atoms with Crippen LogP contribution in [0.5, 0.6) is 0 Å². The van der Waals surface area contributed by atoms with Crippen molar-refractivity contribution >= 4 is 5.82 Å². The van der Waals surface area contributed by atoms with Gasteiger partial charge >= 0.3 is 5.69 Å². The van der Waals surface area contributed by atoms with Gasteiger partial charge in [0.1, 0.15) is 5.82 Å². The molecular weight excluding hydrogens is 156 g/mol. The molecule has 0 bridgehead atoms. The summed E-state index contributed by atoms with van der Waals surface area (Å²) < 4.78 is 0. The van der Waals surface area contributed by atoms with Crippen LogP contribution in [-0.4, -0.2) is 24.1 Å². The third-order valence-electron chi connectivity index (χ3n) is 1.42. The summed E-state index contributed by atoms with van der Waals surface area (Å²) in [7, 11) is 3.54. The van der Waals surface area contributed by atoms with Crippen molar-refractivity contribution in [3.05, 3.63) is 22.2 Å². The number of aromatic amines is 1. The molecular formula is C7H12N4O. The van der Waals surface area contributed by atoms with Crippen molar-refractivity contribution in [2.45, 2.75) is 6.54 Å². The Balaban J connectivity index is 2.98. The Morgan fingerprint density at radius 1 is 1.58 bits per heavy atom. The van der Waals surface area contributed by atoms with Gasteiger partial charge in [0.2, 0.25) is 0 Å². The van der Waals surface area contributed by atoms with Crippen molar-refractivity contribution < 1.29 is 0 Å². The second kappa shape index (κ2) is 3.87. The topological polar surface area (TPSA) is 69.8 Å². The second-order valence-corrected chi connectivity index (χ2v) is 2.38. The number of hydrogen-bond donors (Lipinski definition) is 3. The summed E-state index contributed by atoms with van der Waals surface area (Å²) >= 11 is 0. The highest BCUT2D eigenvalue weighted by Crippen LogP contribution is 1.98. The zero-order valence-corrected chi connectivity index (χ0v) is 7.14. The van der Waals surface area contributed by atoms with Gasteiger partial charge in [-0.15, -0.1) is 0 Å². The fraction of sp³-hybridized carbons (Fsp3) is 0.429. The first-order chi connectivity index (χ1) is 5.76. The second-order valence-electron chi connectivity index (χ2n) is 2.38. The molecule has 1 heterocycles. The molecule has 5 heteroatoms. The summed E-state index contributed by atoms with van der Waals surface area (Å²) in [4.78, 5) is 17.2. The van der Waals surface area contributed by atoms with E-state index in [2.05, 4.69) is 20.6 Å². The monoisotopic (exact) mass is 168 g/mol. The molecule has 5 nitrogen and oxygen atoms in total. The van der Waals surface area contributed by atoms with E-state index in [9.17, 15) is 4.79 Å². The maximum Gasteiger partial charge on any atom is 0.347 e. The lowest BCUT2D eigenvalue weighted by Gasteiger charge is -2.01. The third-order valence-corrected chi connectivity index (χ3v) is 1.42. The van der Waals surface area contributed by atoms with E-state index < -0.39 is 0 Å². The molecule has 0 radical (unpaired) electrons. The van der Waals surface area contributed by atoms with E-state index in [-0.39, 0.29) is 5.69 Å².